The summed E-state index contributed by atoms with van der Waals surface area (Å²) in [5, 5.41) is 10.7. The average molecular weight is 384 g/mol. The van der Waals surface area contributed by atoms with Gasteiger partial charge < -0.3 is 10.4 Å². The monoisotopic (exact) mass is 383 g/mol. The highest BCUT2D eigenvalue weighted by molar-refractivity contribution is 14.1. The molecule has 0 saturated heterocycles. The first-order valence-electron chi connectivity index (χ1n) is 3.95. The Morgan fingerprint density at radius 3 is 2.73 bits per heavy atom. The summed E-state index contributed by atoms with van der Waals surface area (Å²) >= 11 is 5.31. The molecule has 1 aromatic carbocycles. The Labute approximate surface area is 108 Å². The fourth-order valence-corrected chi connectivity index (χ4v) is 1.84. The Bertz CT molecular complexity index is 408. The standard InChI is InChI=1S/C9H7BrINO3/c10-7-2-1-5(11)3-6(7)9(15)12-4-8(13)14/h1-3H,4H2,(H,12,15)(H,13,14). The highest BCUT2D eigenvalue weighted by atomic mass is 127. The van der Waals surface area contributed by atoms with Gasteiger partial charge in [-0.1, -0.05) is 0 Å². The van der Waals surface area contributed by atoms with Gasteiger partial charge in [0.15, 0.2) is 0 Å². The summed E-state index contributed by atoms with van der Waals surface area (Å²) in [5.74, 6) is -1.46. The van der Waals surface area contributed by atoms with Crippen molar-refractivity contribution in [3.63, 3.8) is 0 Å². The number of benzene rings is 1. The first-order chi connectivity index (χ1) is 7.00. The number of hydrogen-bond donors (Lipinski definition) is 2. The first kappa shape index (κ1) is 12.4. The van der Waals surface area contributed by atoms with Gasteiger partial charge >= 0.3 is 5.97 Å². The lowest BCUT2D eigenvalue weighted by molar-refractivity contribution is -0.135. The van der Waals surface area contributed by atoms with E-state index in [1.165, 1.54) is 0 Å². The lowest BCUT2D eigenvalue weighted by atomic mass is 10.2. The normalized spacial score (nSPS) is 9.73. The molecule has 6 heteroatoms. The molecule has 0 atom stereocenters. The smallest absolute Gasteiger partial charge is 0.322 e. The van der Waals surface area contributed by atoms with Crippen molar-refractivity contribution >= 4 is 50.4 Å². The van der Waals surface area contributed by atoms with Crippen LogP contribution in [0.1, 0.15) is 10.4 Å². The highest BCUT2D eigenvalue weighted by Crippen LogP contribution is 2.19. The number of carbonyl (C=O) groups excluding carboxylic acids is 1. The summed E-state index contributed by atoms with van der Waals surface area (Å²) < 4.78 is 1.56. The summed E-state index contributed by atoms with van der Waals surface area (Å²) in [6.07, 6.45) is 0. The summed E-state index contributed by atoms with van der Waals surface area (Å²) in [7, 11) is 0. The number of nitrogens with one attached hydrogen (secondary N) is 1. The van der Waals surface area contributed by atoms with Crippen LogP contribution in [0.25, 0.3) is 0 Å². The van der Waals surface area contributed by atoms with Gasteiger partial charge in [0.05, 0.1) is 5.56 Å². The van der Waals surface area contributed by atoms with Gasteiger partial charge in [0.1, 0.15) is 6.54 Å². The van der Waals surface area contributed by atoms with Gasteiger partial charge in [-0.25, -0.2) is 0 Å². The van der Waals surface area contributed by atoms with Crippen LogP contribution in [0, 0.1) is 3.57 Å². The van der Waals surface area contributed by atoms with Crippen LogP contribution in [-0.2, 0) is 4.79 Å². The molecule has 0 fully saturated rings. The molecule has 0 aliphatic heterocycles. The molecule has 15 heavy (non-hydrogen) atoms. The quantitative estimate of drug-likeness (QED) is 0.783. The van der Waals surface area contributed by atoms with Crippen molar-refractivity contribution in [2.24, 2.45) is 0 Å². The van der Waals surface area contributed by atoms with E-state index in [2.05, 4.69) is 43.8 Å². The van der Waals surface area contributed by atoms with Crippen molar-refractivity contribution in [3.8, 4) is 0 Å². The van der Waals surface area contributed by atoms with Crippen LogP contribution in [0.3, 0.4) is 0 Å². The third-order valence-electron chi connectivity index (χ3n) is 1.57. The molecule has 0 saturated carbocycles. The fourth-order valence-electron chi connectivity index (χ4n) is 0.923. The van der Waals surface area contributed by atoms with Gasteiger partial charge in [-0.3, -0.25) is 9.59 Å². The van der Waals surface area contributed by atoms with E-state index in [1.54, 1.807) is 12.1 Å². The van der Waals surface area contributed by atoms with Gasteiger partial charge in [0.25, 0.3) is 5.91 Å². The zero-order valence-corrected chi connectivity index (χ0v) is 11.2. The summed E-state index contributed by atoms with van der Waals surface area (Å²) in [6.45, 7) is -0.378. The number of carboxylic acid groups (broad SMARTS) is 1. The van der Waals surface area contributed by atoms with E-state index in [9.17, 15) is 9.59 Å². The van der Waals surface area contributed by atoms with Crippen molar-refractivity contribution < 1.29 is 14.7 Å². The van der Waals surface area contributed by atoms with Crippen LogP contribution < -0.4 is 5.32 Å². The van der Waals surface area contributed by atoms with Crippen LogP contribution >= 0.6 is 38.5 Å². The van der Waals surface area contributed by atoms with Crippen molar-refractivity contribution in [1.82, 2.24) is 5.32 Å². The Morgan fingerprint density at radius 1 is 1.47 bits per heavy atom. The molecule has 0 unspecified atom stereocenters. The molecule has 0 heterocycles. The number of amides is 1. The highest BCUT2D eigenvalue weighted by Gasteiger charge is 2.10. The molecule has 0 spiro atoms. The fraction of sp³-hybridized carbons (Fsp3) is 0.111. The molecule has 0 bridgehead atoms. The third-order valence-corrected chi connectivity index (χ3v) is 2.94. The van der Waals surface area contributed by atoms with E-state index in [0.717, 1.165) is 3.57 Å². The van der Waals surface area contributed by atoms with Gasteiger partial charge in [-0.05, 0) is 56.7 Å². The van der Waals surface area contributed by atoms with Crippen molar-refractivity contribution in [3.05, 3.63) is 31.8 Å². The van der Waals surface area contributed by atoms with Crippen LogP contribution in [0.5, 0.6) is 0 Å². The minimum absolute atomic E-state index is 0.378. The maximum Gasteiger partial charge on any atom is 0.322 e. The molecule has 1 aromatic rings. The molecule has 1 amide bonds. The van der Waals surface area contributed by atoms with Crippen molar-refractivity contribution in [2.75, 3.05) is 6.54 Å². The number of carboxylic acids is 1. The largest absolute Gasteiger partial charge is 0.480 e. The van der Waals surface area contributed by atoms with E-state index in [1.807, 2.05) is 6.07 Å². The Balaban J connectivity index is 2.81. The molecule has 0 aliphatic carbocycles. The summed E-state index contributed by atoms with van der Waals surface area (Å²) in [4.78, 5) is 21.8. The molecule has 0 aromatic heterocycles. The van der Waals surface area contributed by atoms with Gasteiger partial charge in [-0.15, -0.1) is 0 Å². The zero-order valence-electron chi connectivity index (χ0n) is 7.46. The first-order valence-corrected chi connectivity index (χ1v) is 5.83. The van der Waals surface area contributed by atoms with Crippen molar-refractivity contribution in [1.29, 1.82) is 0 Å². The maximum absolute atomic E-state index is 11.5. The molecule has 2 N–H and O–H groups in total. The topological polar surface area (TPSA) is 66.4 Å². The second-order valence-corrected chi connectivity index (χ2v) is 4.80. The minimum atomic E-state index is -1.06. The Kier molecular flexibility index (Phi) is 4.52. The molecular weight excluding hydrogens is 377 g/mol. The van der Waals surface area contributed by atoms with Gasteiger partial charge in [-0.2, -0.15) is 0 Å². The van der Waals surface area contributed by atoms with E-state index < -0.39 is 11.9 Å². The number of carbonyl (C=O) groups is 2. The summed E-state index contributed by atoms with van der Waals surface area (Å²) in [5.41, 5.74) is 0.433. The second kappa shape index (κ2) is 5.45. The van der Waals surface area contributed by atoms with Crippen molar-refractivity contribution in [2.45, 2.75) is 0 Å². The van der Waals surface area contributed by atoms with Gasteiger partial charge in [0, 0.05) is 8.04 Å². The number of halogens is 2. The molecule has 0 radical (unpaired) electrons. The molecular formula is C9H7BrINO3. The second-order valence-electron chi connectivity index (χ2n) is 2.70. The Morgan fingerprint density at radius 2 is 2.13 bits per heavy atom. The minimum Gasteiger partial charge on any atom is -0.480 e. The molecule has 1 rings (SSSR count). The number of aliphatic carboxylic acids is 1. The lowest BCUT2D eigenvalue weighted by Gasteiger charge is -2.05. The van der Waals surface area contributed by atoms with Gasteiger partial charge in [0.2, 0.25) is 0 Å². The van der Waals surface area contributed by atoms with Crippen LogP contribution in [0.15, 0.2) is 22.7 Å². The lowest BCUT2D eigenvalue weighted by Crippen LogP contribution is -2.29. The third kappa shape index (κ3) is 3.78. The Hall–Kier alpha value is -0.630. The number of hydrogen-bond acceptors (Lipinski definition) is 2. The average Bonchev–Trinajstić information content (AvgIpc) is 2.18. The maximum atomic E-state index is 11.5. The van der Waals surface area contributed by atoms with Crippen LogP contribution in [0.2, 0.25) is 0 Å². The van der Waals surface area contributed by atoms with E-state index in [-0.39, 0.29) is 6.54 Å². The van der Waals surface area contributed by atoms with Crippen LogP contribution in [-0.4, -0.2) is 23.5 Å². The van der Waals surface area contributed by atoms with E-state index in [0.29, 0.717) is 10.0 Å². The van der Waals surface area contributed by atoms with Crippen LogP contribution in [0.4, 0.5) is 0 Å². The molecule has 0 aliphatic rings. The van der Waals surface area contributed by atoms with E-state index in [4.69, 9.17) is 5.11 Å². The predicted octanol–water partition coefficient (Wildman–Crippen LogP) is 1.87. The van der Waals surface area contributed by atoms with E-state index >= 15 is 0 Å². The zero-order chi connectivity index (χ0) is 11.4. The number of rotatable bonds is 3. The summed E-state index contributed by atoms with van der Waals surface area (Å²) in [6, 6.07) is 5.28. The predicted molar refractivity (Wildman–Crippen MR) is 66.8 cm³/mol. The SMILES string of the molecule is O=C(O)CNC(=O)c1cc(I)ccc1Br. The molecule has 4 nitrogen and oxygen atoms in total. The molecule has 80 valence electrons.